The number of aliphatic carboxylic acids is 1. The molecule has 1 saturated carbocycles. The highest BCUT2D eigenvalue weighted by Crippen LogP contribution is 2.57. The number of terminal acetylenes is 1. The van der Waals surface area contributed by atoms with Crippen molar-refractivity contribution in [2.45, 2.75) is 13.8 Å². The summed E-state index contributed by atoms with van der Waals surface area (Å²) in [4.78, 5) is 10.5. The molecule has 0 aliphatic heterocycles. The number of carbonyl (C=O) groups is 1. The molecule has 0 spiro atoms. The van der Waals surface area contributed by atoms with Crippen molar-refractivity contribution in [3.8, 4) is 12.3 Å². The van der Waals surface area contributed by atoms with Gasteiger partial charge in [0.1, 0.15) is 0 Å². The van der Waals surface area contributed by atoms with E-state index in [9.17, 15) is 4.79 Å². The third kappa shape index (κ3) is 1.34. The largest absolute Gasteiger partial charge is 0.481 e. The van der Waals surface area contributed by atoms with Crippen molar-refractivity contribution in [2.24, 2.45) is 17.3 Å². The second kappa shape index (κ2) is 2.75. The highest BCUT2D eigenvalue weighted by molar-refractivity contribution is 5.85. The monoisotopic (exact) mass is 174 g/mol. The molecule has 1 N–H and O–H groups in total. The highest BCUT2D eigenvalue weighted by atomic mass is 35.5. The summed E-state index contributed by atoms with van der Waals surface area (Å²) in [6.07, 6.45) is 5.12. The Morgan fingerprint density at radius 2 is 2.09 bits per heavy atom. The molecule has 0 aromatic heterocycles. The normalized spacial score (nSPS) is 31.4. The van der Waals surface area contributed by atoms with Crippen molar-refractivity contribution >= 4 is 18.4 Å². The molecule has 1 fully saturated rings. The molecule has 62 valence electrons. The predicted molar refractivity (Wildman–Crippen MR) is 44.5 cm³/mol. The molecule has 2 unspecified atom stereocenters. The zero-order valence-electron chi connectivity index (χ0n) is 6.50. The van der Waals surface area contributed by atoms with Crippen LogP contribution in [0.4, 0.5) is 0 Å². The van der Waals surface area contributed by atoms with Gasteiger partial charge in [-0.15, -0.1) is 24.8 Å². The lowest BCUT2D eigenvalue weighted by molar-refractivity contribution is -0.139. The number of rotatable bonds is 1. The van der Waals surface area contributed by atoms with Crippen molar-refractivity contribution < 1.29 is 9.90 Å². The molecule has 11 heavy (non-hydrogen) atoms. The van der Waals surface area contributed by atoms with E-state index in [1.165, 1.54) is 0 Å². The Kier molecular flexibility index (Phi) is 2.58. The summed E-state index contributed by atoms with van der Waals surface area (Å²) >= 11 is 0. The standard InChI is InChI=1S/C8H10O2.ClH/c1-4-5-6(7(9)10)8(5,2)3;/h1,5-6H,2-3H3,(H,9,10);1H. The highest BCUT2D eigenvalue weighted by Gasteiger charge is 2.61. The van der Waals surface area contributed by atoms with E-state index < -0.39 is 5.97 Å². The molecule has 1 rings (SSSR count). The fraction of sp³-hybridized carbons (Fsp3) is 0.625. The van der Waals surface area contributed by atoms with Gasteiger partial charge in [0, 0.05) is 5.92 Å². The van der Waals surface area contributed by atoms with E-state index in [0.29, 0.717) is 0 Å². The van der Waals surface area contributed by atoms with Gasteiger partial charge >= 0.3 is 5.97 Å². The first-order valence-corrected chi connectivity index (χ1v) is 3.20. The molecule has 1 aliphatic rings. The minimum atomic E-state index is -0.770. The predicted octanol–water partition coefficient (Wildman–Crippen LogP) is 1.40. The number of hydrogen-bond donors (Lipinski definition) is 1. The maximum Gasteiger partial charge on any atom is 0.308 e. The van der Waals surface area contributed by atoms with Gasteiger partial charge in [0.15, 0.2) is 0 Å². The smallest absolute Gasteiger partial charge is 0.308 e. The van der Waals surface area contributed by atoms with Crippen LogP contribution in [0.15, 0.2) is 0 Å². The number of halogens is 1. The molecule has 0 aromatic carbocycles. The lowest BCUT2D eigenvalue weighted by Gasteiger charge is -1.94. The van der Waals surface area contributed by atoms with Crippen molar-refractivity contribution in [2.75, 3.05) is 0 Å². The van der Waals surface area contributed by atoms with Crippen LogP contribution in [0.1, 0.15) is 13.8 Å². The Morgan fingerprint density at radius 3 is 2.18 bits per heavy atom. The van der Waals surface area contributed by atoms with E-state index >= 15 is 0 Å². The maximum absolute atomic E-state index is 10.5. The average molecular weight is 175 g/mol. The topological polar surface area (TPSA) is 37.3 Å². The molecule has 0 heterocycles. The van der Waals surface area contributed by atoms with Gasteiger partial charge < -0.3 is 5.11 Å². The summed E-state index contributed by atoms with van der Waals surface area (Å²) in [6.45, 7) is 3.77. The molecule has 3 heteroatoms. The zero-order chi connectivity index (χ0) is 7.94. The van der Waals surface area contributed by atoms with Crippen molar-refractivity contribution in [1.29, 1.82) is 0 Å². The summed E-state index contributed by atoms with van der Waals surface area (Å²) < 4.78 is 0. The molecular formula is C8H11ClO2. The molecule has 0 amide bonds. The number of carboxylic acid groups (broad SMARTS) is 1. The molecule has 2 atom stereocenters. The van der Waals surface area contributed by atoms with Crippen molar-refractivity contribution in [3.63, 3.8) is 0 Å². The second-order valence-corrected chi connectivity index (χ2v) is 3.28. The van der Waals surface area contributed by atoms with E-state index in [1.54, 1.807) is 0 Å². The molecule has 2 nitrogen and oxygen atoms in total. The van der Waals surface area contributed by atoms with Crippen LogP contribution in [0.5, 0.6) is 0 Å². The lowest BCUT2D eigenvalue weighted by Crippen LogP contribution is -2.02. The van der Waals surface area contributed by atoms with Crippen LogP contribution in [0, 0.1) is 29.6 Å². The lowest BCUT2D eigenvalue weighted by atomic mass is 10.1. The first-order chi connectivity index (χ1) is 4.51. The molecule has 1 aliphatic carbocycles. The van der Waals surface area contributed by atoms with Crippen LogP contribution in [-0.4, -0.2) is 11.1 Å². The van der Waals surface area contributed by atoms with Gasteiger partial charge in [-0.05, 0) is 5.41 Å². The van der Waals surface area contributed by atoms with Crippen molar-refractivity contribution in [3.05, 3.63) is 0 Å². The first-order valence-electron chi connectivity index (χ1n) is 3.20. The van der Waals surface area contributed by atoms with Crippen LogP contribution in [0.3, 0.4) is 0 Å². The number of carboxylic acids is 1. The van der Waals surface area contributed by atoms with E-state index in [0.717, 1.165) is 0 Å². The Labute approximate surface area is 72.4 Å². The maximum atomic E-state index is 10.5. The van der Waals surface area contributed by atoms with Gasteiger partial charge in [-0.25, -0.2) is 0 Å². The zero-order valence-corrected chi connectivity index (χ0v) is 7.31. The van der Waals surface area contributed by atoms with E-state index in [-0.39, 0.29) is 29.7 Å². The Bertz CT molecular complexity index is 215. The fourth-order valence-electron chi connectivity index (χ4n) is 1.41. The minimum absolute atomic E-state index is 0. The molecule has 0 aromatic rings. The third-order valence-electron chi connectivity index (χ3n) is 2.27. The summed E-state index contributed by atoms with van der Waals surface area (Å²) in [5, 5.41) is 8.59. The Balaban J connectivity index is 0.000001000. The quantitative estimate of drug-likeness (QED) is 0.611. The SMILES string of the molecule is C#CC1C(C(=O)O)C1(C)C.Cl. The van der Waals surface area contributed by atoms with Crippen LogP contribution >= 0.6 is 12.4 Å². The van der Waals surface area contributed by atoms with Gasteiger partial charge in [0.05, 0.1) is 5.92 Å². The van der Waals surface area contributed by atoms with Gasteiger partial charge in [-0.3, -0.25) is 4.79 Å². The van der Waals surface area contributed by atoms with E-state index in [2.05, 4.69) is 5.92 Å². The van der Waals surface area contributed by atoms with Gasteiger partial charge in [0.2, 0.25) is 0 Å². The van der Waals surface area contributed by atoms with Crippen LogP contribution in [-0.2, 0) is 4.79 Å². The molecular weight excluding hydrogens is 164 g/mol. The molecule has 0 radical (unpaired) electrons. The van der Waals surface area contributed by atoms with Gasteiger partial charge in [0.25, 0.3) is 0 Å². The van der Waals surface area contributed by atoms with E-state index in [1.807, 2.05) is 13.8 Å². The minimum Gasteiger partial charge on any atom is -0.481 e. The fourth-order valence-corrected chi connectivity index (χ4v) is 1.41. The van der Waals surface area contributed by atoms with Crippen LogP contribution in [0.25, 0.3) is 0 Å². The molecule has 0 bridgehead atoms. The summed E-state index contributed by atoms with van der Waals surface area (Å²) in [6, 6.07) is 0. The summed E-state index contributed by atoms with van der Waals surface area (Å²) in [5.41, 5.74) is -0.180. The first kappa shape index (κ1) is 10.3. The van der Waals surface area contributed by atoms with Gasteiger partial charge in [-0.2, -0.15) is 0 Å². The van der Waals surface area contributed by atoms with Gasteiger partial charge in [-0.1, -0.05) is 13.8 Å². The average Bonchev–Trinajstić information content (AvgIpc) is 2.33. The van der Waals surface area contributed by atoms with Crippen LogP contribution in [0.2, 0.25) is 0 Å². The summed E-state index contributed by atoms with van der Waals surface area (Å²) in [5.74, 6) is 1.32. The Hall–Kier alpha value is -0.680. The Morgan fingerprint density at radius 1 is 1.64 bits per heavy atom. The number of hydrogen-bond acceptors (Lipinski definition) is 1. The van der Waals surface area contributed by atoms with E-state index in [4.69, 9.17) is 11.5 Å². The van der Waals surface area contributed by atoms with Crippen LogP contribution < -0.4 is 0 Å². The van der Waals surface area contributed by atoms with Crippen molar-refractivity contribution in [1.82, 2.24) is 0 Å². The summed E-state index contributed by atoms with van der Waals surface area (Å²) in [7, 11) is 0. The molecule has 0 saturated heterocycles. The second-order valence-electron chi connectivity index (χ2n) is 3.28. The third-order valence-corrected chi connectivity index (χ3v) is 2.27.